The van der Waals surface area contributed by atoms with Gasteiger partial charge in [0.2, 0.25) is 0 Å². The minimum atomic E-state index is -0.157. The summed E-state index contributed by atoms with van der Waals surface area (Å²) in [5.74, 6) is 0.777. The lowest BCUT2D eigenvalue weighted by Crippen LogP contribution is -2.46. The van der Waals surface area contributed by atoms with Crippen molar-refractivity contribution in [3.8, 4) is 11.4 Å². The fourth-order valence-electron chi connectivity index (χ4n) is 4.14. The van der Waals surface area contributed by atoms with E-state index in [1.54, 1.807) is 0 Å². The molecule has 0 bridgehead atoms. The summed E-state index contributed by atoms with van der Waals surface area (Å²) in [6.07, 6.45) is 8.90. The molecule has 1 saturated carbocycles. The van der Waals surface area contributed by atoms with Crippen LogP contribution in [0.25, 0.3) is 11.4 Å². The van der Waals surface area contributed by atoms with E-state index < -0.39 is 0 Å². The maximum absolute atomic E-state index is 12.5. The summed E-state index contributed by atoms with van der Waals surface area (Å²) in [7, 11) is 0. The van der Waals surface area contributed by atoms with Gasteiger partial charge >= 0.3 is 6.03 Å². The van der Waals surface area contributed by atoms with Gasteiger partial charge < -0.3 is 15.5 Å². The van der Waals surface area contributed by atoms with E-state index >= 15 is 0 Å². The van der Waals surface area contributed by atoms with Crippen LogP contribution in [0.15, 0.2) is 48.8 Å². The number of rotatable bonds is 7. The van der Waals surface area contributed by atoms with Crippen molar-refractivity contribution in [2.75, 3.05) is 25.0 Å². The number of hydrogen-bond acceptors (Lipinski definition) is 6. The molecule has 1 aromatic carbocycles. The van der Waals surface area contributed by atoms with Crippen LogP contribution >= 0.6 is 0 Å². The summed E-state index contributed by atoms with van der Waals surface area (Å²) in [4.78, 5) is 19.0. The number of hydrogen-bond donors (Lipinski definition) is 2. The summed E-state index contributed by atoms with van der Waals surface area (Å²) in [5.41, 5.74) is 3.02. The van der Waals surface area contributed by atoms with Gasteiger partial charge in [-0.15, -0.1) is 5.10 Å². The third-order valence-electron chi connectivity index (χ3n) is 6.18. The molecule has 2 amide bonds. The Morgan fingerprint density at radius 1 is 1.00 bits per heavy atom. The average Bonchev–Trinajstić information content (AvgIpc) is 3.56. The summed E-state index contributed by atoms with van der Waals surface area (Å²) in [5, 5.41) is 18.1. The Kier molecular flexibility index (Phi) is 6.06. The van der Waals surface area contributed by atoms with Crippen LogP contribution < -0.4 is 10.6 Å². The number of carbonyl (C=O) groups excluding carboxylic acids is 1. The maximum atomic E-state index is 12.5. The summed E-state index contributed by atoms with van der Waals surface area (Å²) >= 11 is 0. The molecule has 5 rings (SSSR count). The normalized spacial score (nSPS) is 17.2. The first-order valence-corrected chi connectivity index (χ1v) is 11.3. The van der Waals surface area contributed by atoms with Crippen molar-refractivity contribution in [1.29, 1.82) is 0 Å². The number of urea groups is 1. The van der Waals surface area contributed by atoms with Crippen LogP contribution in [0.2, 0.25) is 0 Å². The number of carbonyl (C=O) groups is 1. The highest BCUT2D eigenvalue weighted by Crippen LogP contribution is 2.36. The molecule has 2 aromatic heterocycles. The second kappa shape index (κ2) is 9.44. The molecule has 0 radical (unpaired) electrons. The predicted octanol–water partition coefficient (Wildman–Crippen LogP) is 2.90. The van der Waals surface area contributed by atoms with Crippen molar-refractivity contribution < 1.29 is 4.79 Å². The first kappa shape index (κ1) is 20.6. The smallest absolute Gasteiger partial charge is 0.319 e. The van der Waals surface area contributed by atoms with E-state index in [9.17, 15) is 4.79 Å². The van der Waals surface area contributed by atoms with Gasteiger partial charge in [0.1, 0.15) is 0 Å². The van der Waals surface area contributed by atoms with Crippen LogP contribution in [0.1, 0.15) is 37.3 Å². The van der Waals surface area contributed by atoms with Gasteiger partial charge in [0, 0.05) is 49.3 Å². The average molecular weight is 433 g/mol. The highest BCUT2D eigenvalue weighted by Gasteiger charge is 2.28. The molecule has 9 heteroatoms. The second-order valence-electron chi connectivity index (χ2n) is 8.58. The van der Waals surface area contributed by atoms with Gasteiger partial charge in [-0.2, -0.15) is 0 Å². The summed E-state index contributed by atoms with van der Waals surface area (Å²) in [6, 6.07) is 12.3. The Bertz CT molecular complexity index is 1020. The second-order valence-corrected chi connectivity index (χ2v) is 8.58. The van der Waals surface area contributed by atoms with Gasteiger partial charge in [-0.25, -0.2) is 9.48 Å². The molecule has 0 spiro atoms. The van der Waals surface area contributed by atoms with Crippen molar-refractivity contribution in [1.82, 2.24) is 35.4 Å². The Hall–Kier alpha value is -3.33. The Balaban J connectivity index is 1.06. The SMILES string of the molecule is O=C(Nc1ccc(-c2nnnn2C2CC2)cc1)NC1CCN(CCc2ccncc2)CC1. The highest BCUT2D eigenvalue weighted by molar-refractivity contribution is 5.89. The molecule has 1 saturated heterocycles. The lowest BCUT2D eigenvalue weighted by atomic mass is 10.0. The van der Waals surface area contributed by atoms with Crippen molar-refractivity contribution in [3.63, 3.8) is 0 Å². The molecule has 0 atom stereocenters. The Morgan fingerprint density at radius 3 is 2.47 bits per heavy atom. The zero-order valence-corrected chi connectivity index (χ0v) is 18.0. The quantitative estimate of drug-likeness (QED) is 0.595. The lowest BCUT2D eigenvalue weighted by molar-refractivity contribution is 0.197. The molecule has 9 nitrogen and oxygen atoms in total. The van der Waals surface area contributed by atoms with E-state index in [1.165, 1.54) is 5.56 Å². The van der Waals surface area contributed by atoms with Crippen LogP contribution in [0.5, 0.6) is 0 Å². The van der Waals surface area contributed by atoms with Crippen molar-refractivity contribution in [2.45, 2.75) is 44.2 Å². The van der Waals surface area contributed by atoms with Crippen LogP contribution in [0.3, 0.4) is 0 Å². The number of nitrogens with zero attached hydrogens (tertiary/aromatic N) is 6. The minimum Gasteiger partial charge on any atom is -0.335 e. The van der Waals surface area contributed by atoms with Crippen molar-refractivity contribution in [3.05, 3.63) is 54.4 Å². The first-order chi connectivity index (χ1) is 15.7. The lowest BCUT2D eigenvalue weighted by Gasteiger charge is -2.32. The minimum absolute atomic E-state index is 0.157. The van der Waals surface area contributed by atoms with E-state index in [0.717, 1.165) is 68.8 Å². The molecule has 2 aliphatic rings. The number of likely N-dealkylation sites (tertiary alicyclic amines) is 1. The van der Waals surface area contributed by atoms with Gasteiger partial charge in [0.15, 0.2) is 5.82 Å². The van der Waals surface area contributed by atoms with Crippen LogP contribution in [0, 0.1) is 0 Å². The number of piperidine rings is 1. The van der Waals surface area contributed by atoms with E-state index in [0.29, 0.717) is 6.04 Å². The summed E-state index contributed by atoms with van der Waals surface area (Å²) < 4.78 is 1.89. The van der Waals surface area contributed by atoms with Crippen LogP contribution in [-0.4, -0.2) is 61.8 Å². The molecular weight excluding hydrogens is 404 g/mol. The molecule has 1 aliphatic heterocycles. The number of tetrazole rings is 1. The van der Waals surface area contributed by atoms with Crippen LogP contribution in [0.4, 0.5) is 10.5 Å². The molecule has 166 valence electrons. The van der Waals surface area contributed by atoms with Crippen LogP contribution in [-0.2, 0) is 6.42 Å². The van der Waals surface area contributed by atoms with E-state index in [4.69, 9.17) is 0 Å². The van der Waals surface area contributed by atoms with Gasteiger partial charge in [-0.3, -0.25) is 4.98 Å². The molecule has 2 fully saturated rings. The molecule has 3 aromatic rings. The van der Waals surface area contributed by atoms with Gasteiger partial charge in [-0.1, -0.05) is 0 Å². The van der Waals surface area contributed by atoms with Gasteiger partial charge in [-0.05, 0) is 84.5 Å². The highest BCUT2D eigenvalue weighted by atomic mass is 16.2. The van der Waals surface area contributed by atoms with E-state index in [1.807, 2.05) is 41.3 Å². The molecule has 0 unspecified atom stereocenters. The fourth-order valence-corrected chi connectivity index (χ4v) is 4.14. The molecule has 32 heavy (non-hydrogen) atoms. The largest absolute Gasteiger partial charge is 0.335 e. The van der Waals surface area contributed by atoms with E-state index in [2.05, 4.69) is 48.2 Å². The predicted molar refractivity (Wildman–Crippen MR) is 121 cm³/mol. The van der Waals surface area contributed by atoms with E-state index in [-0.39, 0.29) is 12.1 Å². The zero-order chi connectivity index (χ0) is 21.8. The third kappa shape index (κ3) is 5.11. The molecule has 3 heterocycles. The molecule has 2 N–H and O–H groups in total. The standard InChI is InChI=1S/C23H28N8O/c32-23(26-20-10-15-30(16-11-20)14-9-17-7-12-24-13-8-17)25-19-3-1-18(2-4-19)22-27-28-29-31(22)21-5-6-21/h1-4,7-8,12-13,20-21H,5-6,9-11,14-16H2,(H2,25,26,32). The van der Waals surface area contributed by atoms with Gasteiger partial charge in [0.05, 0.1) is 6.04 Å². The topological polar surface area (TPSA) is 101 Å². The zero-order valence-electron chi connectivity index (χ0n) is 18.0. The molecule has 1 aliphatic carbocycles. The Labute approximate surface area is 187 Å². The van der Waals surface area contributed by atoms with Crippen molar-refractivity contribution >= 4 is 11.7 Å². The number of aromatic nitrogens is 5. The Morgan fingerprint density at radius 2 is 1.75 bits per heavy atom. The number of nitrogens with one attached hydrogen (secondary N) is 2. The fraction of sp³-hybridized carbons (Fsp3) is 0.435. The first-order valence-electron chi connectivity index (χ1n) is 11.3. The van der Waals surface area contributed by atoms with Gasteiger partial charge in [0.25, 0.3) is 0 Å². The monoisotopic (exact) mass is 432 g/mol. The maximum Gasteiger partial charge on any atom is 0.319 e. The number of amides is 2. The third-order valence-corrected chi connectivity index (χ3v) is 6.18. The summed E-state index contributed by atoms with van der Waals surface area (Å²) in [6.45, 7) is 3.04. The van der Waals surface area contributed by atoms with Crippen molar-refractivity contribution in [2.24, 2.45) is 0 Å². The molecular formula is C23H28N8O. The number of pyridine rings is 1. The number of anilines is 1. The number of benzene rings is 1.